The van der Waals surface area contributed by atoms with Crippen molar-refractivity contribution < 1.29 is 9.53 Å². The minimum Gasteiger partial charge on any atom is -0.457 e. The molecule has 4 rings (SSSR count). The molecular formula is C22H17NO2. The molecule has 0 bridgehead atoms. The Morgan fingerprint density at radius 3 is 2.32 bits per heavy atom. The van der Waals surface area contributed by atoms with Crippen LogP contribution in [0.4, 0.5) is 0 Å². The van der Waals surface area contributed by atoms with E-state index in [0.29, 0.717) is 5.69 Å². The van der Waals surface area contributed by atoms with Gasteiger partial charge in [-0.3, -0.25) is 4.79 Å². The van der Waals surface area contributed by atoms with Crippen molar-refractivity contribution in [3.05, 3.63) is 90.3 Å². The molecule has 2 aromatic carbocycles. The van der Waals surface area contributed by atoms with Crippen LogP contribution >= 0.6 is 0 Å². The highest BCUT2D eigenvalue weighted by atomic mass is 16.5. The van der Waals surface area contributed by atoms with E-state index in [1.165, 1.54) is 0 Å². The van der Waals surface area contributed by atoms with Gasteiger partial charge in [0, 0.05) is 17.3 Å². The summed E-state index contributed by atoms with van der Waals surface area (Å²) in [5.74, 6) is 1.57. The monoisotopic (exact) mass is 327 g/mol. The highest BCUT2D eigenvalue weighted by Gasteiger charge is 2.12. The molecule has 2 aromatic heterocycles. The zero-order valence-corrected chi connectivity index (χ0v) is 13.8. The van der Waals surface area contributed by atoms with Crippen LogP contribution in [-0.2, 0) is 0 Å². The molecule has 0 aliphatic carbocycles. The molecule has 3 heteroatoms. The van der Waals surface area contributed by atoms with E-state index in [1.807, 2.05) is 84.3 Å². The van der Waals surface area contributed by atoms with E-state index >= 15 is 0 Å². The van der Waals surface area contributed by atoms with E-state index in [-0.39, 0.29) is 0 Å². The molecule has 0 N–H and O–H groups in total. The molecule has 0 aliphatic rings. The number of rotatable bonds is 4. The predicted octanol–water partition coefficient (Wildman–Crippen LogP) is 5.52. The molecule has 2 heterocycles. The van der Waals surface area contributed by atoms with Crippen molar-refractivity contribution in [2.75, 3.05) is 0 Å². The Kier molecular flexibility index (Phi) is 3.82. The second kappa shape index (κ2) is 6.29. The third-order valence-corrected chi connectivity index (χ3v) is 4.32. The topological polar surface area (TPSA) is 30.7 Å². The van der Waals surface area contributed by atoms with Crippen LogP contribution in [-0.4, -0.2) is 10.7 Å². The smallest absolute Gasteiger partial charge is 0.167 e. The highest BCUT2D eigenvalue weighted by Crippen LogP contribution is 2.30. The maximum Gasteiger partial charge on any atom is 0.167 e. The summed E-state index contributed by atoms with van der Waals surface area (Å²) >= 11 is 0. The van der Waals surface area contributed by atoms with Crippen molar-refractivity contribution in [2.45, 2.75) is 6.92 Å². The number of pyridine rings is 1. The Hall–Kier alpha value is -3.33. The van der Waals surface area contributed by atoms with Crippen molar-refractivity contribution in [1.29, 1.82) is 0 Å². The lowest BCUT2D eigenvalue weighted by Gasteiger charge is -2.06. The average molecular weight is 327 g/mol. The molecule has 122 valence electrons. The zero-order chi connectivity index (χ0) is 17.2. The molecule has 0 aliphatic heterocycles. The molecule has 0 saturated carbocycles. The van der Waals surface area contributed by atoms with Crippen molar-refractivity contribution in [2.24, 2.45) is 0 Å². The summed E-state index contributed by atoms with van der Waals surface area (Å²) in [6.07, 6.45) is 2.83. The van der Waals surface area contributed by atoms with Gasteiger partial charge in [-0.25, -0.2) is 0 Å². The number of aldehydes is 1. The maximum atomic E-state index is 11.6. The van der Waals surface area contributed by atoms with E-state index in [9.17, 15) is 4.79 Å². The largest absolute Gasteiger partial charge is 0.457 e. The number of carbonyl (C=O) groups excluding carboxylic acids is 1. The van der Waals surface area contributed by atoms with E-state index in [1.54, 1.807) is 0 Å². The van der Waals surface area contributed by atoms with Gasteiger partial charge in [-0.05, 0) is 54.4 Å². The Labute approximate surface area is 146 Å². The van der Waals surface area contributed by atoms with Gasteiger partial charge in [0.15, 0.2) is 6.29 Å². The van der Waals surface area contributed by atoms with E-state index < -0.39 is 0 Å². The molecule has 25 heavy (non-hydrogen) atoms. The van der Waals surface area contributed by atoms with E-state index in [4.69, 9.17) is 4.74 Å². The quantitative estimate of drug-likeness (QED) is 0.462. The fraction of sp³-hybridized carbons (Fsp3) is 0.0455. The number of ether oxygens (including phenoxy) is 1. The van der Waals surface area contributed by atoms with Crippen LogP contribution in [0.3, 0.4) is 0 Å². The van der Waals surface area contributed by atoms with Crippen molar-refractivity contribution in [3.63, 3.8) is 0 Å². The maximum absolute atomic E-state index is 11.6. The second-order valence-electron chi connectivity index (χ2n) is 5.95. The van der Waals surface area contributed by atoms with Gasteiger partial charge in [-0.2, -0.15) is 0 Å². The molecule has 0 unspecified atom stereocenters. The number of hydrogen-bond acceptors (Lipinski definition) is 2. The second-order valence-corrected chi connectivity index (χ2v) is 5.95. The molecule has 3 nitrogen and oxygen atoms in total. The van der Waals surface area contributed by atoms with Crippen molar-refractivity contribution >= 4 is 11.8 Å². The lowest BCUT2D eigenvalue weighted by molar-refractivity contribution is 0.111. The summed E-state index contributed by atoms with van der Waals surface area (Å²) in [5, 5.41) is 0. The van der Waals surface area contributed by atoms with Crippen LogP contribution in [0.1, 0.15) is 16.1 Å². The molecule has 4 aromatic rings. The first kappa shape index (κ1) is 15.2. The standard InChI is InChI=1S/C22H17NO2/c1-16-6-5-13-23-21(16)14-20(22(23)15-24)17-9-11-19(12-10-17)25-18-7-3-2-4-8-18/h2-15H,1H3. The van der Waals surface area contributed by atoms with Crippen LogP contribution in [0.2, 0.25) is 0 Å². The van der Waals surface area contributed by atoms with Crippen LogP contribution in [0, 0.1) is 6.92 Å². The fourth-order valence-corrected chi connectivity index (χ4v) is 3.04. The van der Waals surface area contributed by atoms with E-state index in [2.05, 4.69) is 6.07 Å². The molecule has 0 fully saturated rings. The number of aryl methyl sites for hydroxylation is 1. The number of aromatic nitrogens is 1. The number of benzene rings is 2. The van der Waals surface area contributed by atoms with Crippen LogP contribution in [0.15, 0.2) is 79.0 Å². The first-order valence-corrected chi connectivity index (χ1v) is 8.15. The summed E-state index contributed by atoms with van der Waals surface area (Å²) in [7, 11) is 0. The average Bonchev–Trinajstić information content (AvgIpc) is 3.03. The molecular weight excluding hydrogens is 310 g/mol. The molecule has 0 saturated heterocycles. The Morgan fingerprint density at radius 2 is 1.60 bits per heavy atom. The molecule has 0 spiro atoms. The van der Waals surface area contributed by atoms with Gasteiger partial charge in [0.05, 0.1) is 5.69 Å². The van der Waals surface area contributed by atoms with Crippen LogP contribution < -0.4 is 4.74 Å². The van der Waals surface area contributed by atoms with Gasteiger partial charge in [-0.1, -0.05) is 36.4 Å². The molecule has 0 radical (unpaired) electrons. The molecule has 0 amide bonds. The lowest BCUT2D eigenvalue weighted by atomic mass is 10.1. The minimum atomic E-state index is 0.662. The van der Waals surface area contributed by atoms with Gasteiger partial charge in [0.1, 0.15) is 11.5 Å². The summed E-state index contributed by atoms with van der Waals surface area (Å²) in [6, 6.07) is 23.5. The SMILES string of the molecule is Cc1cccn2c(C=O)c(-c3ccc(Oc4ccccc4)cc3)cc12. The summed E-state index contributed by atoms with van der Waals surface area (Å²) < 4.78 is 7.77. The highest BCUT2D eigenvalue weighted by molar-refractivity contribution is 5.90. The minimum absolute atomic E-state index is 0.662. The Bertz CT molecular complexity index is 1030. The number of carbonyl (C=O) groups is 1. The summed E-state index contributed by atoms with van der Waals surface area (Å²) in [5.41, 5.74) is 4.77. The van der Waals surface area contributed by atoms with E-state index in [0.717, 1.165) is 40.0 Å². The lowest BCUT2D eigenvalue weighted by Crippen LogP contribution is -1.93. The van der Waals surface area contributed by atoms with Gasteiger partial charge in [0.25, 0.3) is 0 Å². The predicted molar refractivity (Wildman–Crippen MR) is 99.5 cm³/mol. The van der Waals surface area contributed by atoms with Gasteiger partial charge < -0.3 is 9.14 Å². The third kappa shape index (κ3) is 2.81. The van der Waals surface area contributed by atoms with Crippen molar-refractivity contribution in [3.8, 4) is 22.6 Å². The fourth-order valence-electron chi connectivity index (χ4n) is 3.04. The number of hydrogen-bond donors (Lipinski definition) is 0. The first-order valence-electron chi connectivity index (χ1n) is 8.15. The third-order valence-electron chi connectivity index (χ3n) is 4.32. The zero-order valence-electron chi connectivity index (χ0n) is 13.8. The molecule has 0 atom stereocenters. The Balaban J connectivity index is 1.72. The Morgan fingerprint density at radius 1 is 0.880 bits per heavy atom. The summed E-state index contributed by atoms with van der Waals surface area (Å²) in [6.45, 7) is 2.05. The van der Waals surface area contributed by atoms with Crippen LogP contribution in [0.25, 0.3) is 16.6 Å². The van der Waals surface area contributed by atoms with Gasteiger partial charge in [-0.15, -0.1) is 0 Å². The van der Waals surface area contributed by atoms with Crippen LogP contribution in [0.5, 0.6) is 11.5 Å². The number of nitrogens with zero attached hydrogens (tertiary/aromatic N) is 1. The number of fused-ring (bicyclic) bond motifs is 1. The normalized spacial score (nSPS) is 10.8. The van der Waals surface area contributed by atoms with Gasteiger partial charge >= 0.3 is 0 Å². The summed E-state index contributed by atoms with van der Waals surface area (Å²) in [4.78, 5) is 11.6. The van der Waals surface area contributed by atoms with Crippen molar-refractivity contribution in [1.82, 2.24) is 4.40 Å². The first-order chi connectivity index (χ1) is 12.3. The van der Waals surface area contributed by atoms with Gasteiger partial charge in [0.2, 0.25) is 0 Å². The number of para-hydroxylation sites is 1.